The number of cyclic esters (lactones) is 1. The number of allylic oxidation sites excluding steroid dienone is 1. The topological polar surface area (TPSA) is 125 Å². The van der Waals surface area contributed by atoms with E-state index in [0.29, 0.717) is 32.4 Å². The van der Waals surface area contributed by atoms with Crippen molar-refractivity contribution in [1.29, 1.82) is 0 Å². The maximum absolute atomic E-state index is 14.4. The van der Waals surface area contributed by atoms with Crippen molar-refractivity contribution in [3.63, 3.8) is 0 Å². The molecule has 43 heavy (non-hydrogen) atoms. The Morgan fingerprint density at radius 3 is 2.56 bits per heavy atom. The molecule has 2 N–H and O–H groups in total. The Balaban J connectivity index is 1.52. The van der Waals surface area contributed by atoms with Crippen LogP contribution in [0.4, 0.5) is 0 Å². The summed E-state index contributed by atoms with van der Waals surface area (Å²) in [5.74, 6) is -2.96. The van der Waals surface area contributed by atoms with Gasteiger partial charge in [-0.3, -0.25) is 19.2 Å². The number of benzene rings is 1. The van der Waals surface area contributed by atoms with Gasteiger partial charge in [0.05, 0.1) is 24.0 Å². The van der Waals surface area contributed by atoms with Crippen LogP contribution in [0.25, 0.3) is 0 Å². The van der Waals surface area contributed by atoms with Crippen molar-refractivity contribution in [2.75, 3.05) is 32.8 Å². The quantitative estimate of drug-likeness (QED) is 0.256. The van der Waals surface area contributed by atoms with E-state index in [4.69, 9.17) is 9.47 Å². The summed E-state index contributed by atoms with van der Waals surface area (Å²) < 4.78 is 12.1. The van der Waals surface area contributed by atoms with Crippen LogP contribution in [-0.2, 0) is 28.7 Å². The Hall–Kier alpha value is -3.50. The van der Waals surface area contributed by atoms with E-state index < -0.39 is 35.6 Å². The van der Waals surface area contributed by atoms with Gasteiger partial charge < -0.3 is 29.7 Å². The summed E-state index contributed by atoms with van der Waals surface area (Å²) in [6, 6.07) is 7.74. The maximum atomic E-state index is 14.4. The van der Waals surface area contributed by atoms with Crippen molar-refractivity contribution in [3.05, 3.63) is 60.2 Å². The standard InChI is InChI=1S/C33H43N3O7/c1-2-3-9-18-35-19-10-5-8-15-26(38)42-22-24(23-13-6-4-7-14-23)34-30(39)27-25-16-17-33(43-25)28(27)31(40)36(20-11-12-21-37)29(33)32(35)41/h4-7,10,13-14,16-17,24-25,27-29,37H,2-3,8-9,11-12,15,18-22H2,1H3,(H,34,39)/b10-5-/t24-,25-,27+,28+,29-,33+/m1/s1. The van der Waals surface area contributed by atoms with Gasteiger partial charge in [-0.25, -0.2) is 0 Å². The van der Waals surface area contributed by atoms with Gasteiger partial charge in [-0.05, 0) is 31.2 Å². The number of amides is 3. The summed E-state index contributed by atoms with van der Waals surface area (Å²) in [4.78, 5) is 58.6. The number of likely N-dealkylation sites (tertiary alicyclic amines) is 1. The fourth-order valence-electron chi connectivity index (χ4n) is 6.84. The molecule has 1 aromatic rings. The minimum atomic E-state index is -1.25. The second kappa shape index (κ2) is 13.9. The molecule has 1 aromatic carbocycles. The largest absolute Gasteiger partial charge is 0.463 e. The first-order valence-corrected chi connectivity index (χ1v) is 15.6. The van der Waals surface area contributed by atoms with Gasteiger partial charge in [0.2, 0.25) is 17.7 Å². The van der Waals surface area contributed by atoms with Gasteiger partial charge in [-0.1, -0.05) is 74.4 Å². The first-order valence-electron chi connectivity index (χ1n) is 15.6. The molecule has 10 heteroatoms. The molecule has 4 aliphatic rings. The SMILES string of the molecule is CCCCCN1C/C=C\CCC(=O)OC[C@H](c2ccccc2)NC(=O)[C@@H]2[C@H]3C(=O)N(CCCCO)[C@H](C1=O)[C@]31C=C[C@H]2O1. The third-order valence-corrected chi connectivity index (χ3v) is 9.00. The van der Waals surface area contributed by atoms with E-state index in [9.17, 15) is 24.3 Å². The van der Waals surface area contributed by atoms with Crippen LogP contribution in [-0.4, -0.2) is 89.2 Å². The van der Waals surface area contributed by atoms with E-state index in [1.165, 1.54) is 0 Å². The summed E-state index contributed by atoms with van der Waals surface area (Å²) in [7, 11) is 0. The summed E-state index contributed by atoms with van der Waals surface area (Å²) >= 11 is 0. The molecule has 5 bridgehead atoms. The Morgan fingerprint density at radius 2 is 1.79 bits per heavy atom. The number of rotatable bonds is 9. The number of esters is 1. The highest BCUT2D eigenvalue weighted by Crippen LogP contribution is 2.55. The molecule has 3 amide bonds. The van der Waals surface area contributed by atoms with Crippen LogP contribution in [0, 0.1) is 11.8 Å². The fourth-order valence-corrected chi connectivity index (χ4v) is 6.84. The number of carbonyl (C=O) groups excluding carboxylic acids is 4. The van der Waals surface area contributed by atoms with Crippen LogP contribution in [0.15, 0.2) is 54.6 Å². The molecule has 2 saturated heterocycles. The first kappa shape index (κ1) is 30.9. The highest BCUT2D eigenvalue weighted by Gasteiger charge is 2.73. The molecule has 0 aromatic heterocycles. The monoisotopic (exact) mass is 593 g/mol. The molecule has 10 nitrogen and oxygen atoms in total. The number of carbonyl (C=O) groups is 4. The lowest BCUT2D eigenvalue weighted by atomic mass is 9.74. The van der Waals surface area contributed by atoms with Crippen LogP contribution in [0.2, 0.25) is 0 Å². The van der Waals surface area contributed by atoms with Gasteiger partial charge >= 0.3 is 5.97 Å². The van der Waals surface area contributed by atoms with Crippen molar-refractivity contribution < 1.29 is 33.8 Å². The van der Waals surface area contributed by atoms with Crippen molar-refractivity contribution in [2.24, 2.45) is 11.8 Å². The number of nitrogens with one attached hydrogen (secondary N) is 1. The normalized spacial score (nSPS) is 31.7. The zero-order valence-corrected chi connectivity index (χ0v) is 24.9. The molecule has 0 radical (unpaired) electrons. The average molecular weight is 594 g/mol. The van der Waals surface area contributed by atoms with E-state index in [2.05, 4.69) is 12.2 Å². The lowest BCUT2D eigenvalue weighted by Crippen LogP contribution is -2.56. The van der Waals surface area contributed by atoms with E-state index in [0.717, 1.165) is 24.8 Å². The minimum absolute atomic E-state index is 0.0158. The molecule has 6 atom stereocenters. The zero-order chi connectivity index (χ0) is 30.4. The Morgan fingerprint density at radius 1 is 1.00 bits per heavy atom. The Labute approximate surface area is 253 Å². The number of nitrogens with zero attached hydrogens (tertiary/aromatic N) is 2. The number of aliphatic hydroxyl groups excluding tert-OH is 1. The highest BCUT2D eigenvalue weighted by molar-refractivity contribution is 6.00. The van der Waals surface area contributed by atoms with Gasteiger partial charge in [0, 0.05) is 32.7 Å². The fraction of sp³-hybridized carbons (Fsp3) is 0.576. The van der Waals surface area contributed by atoms with Crippen LogP contribution < -0.4 is 5.32 Å². The van der Waals surface area contributed by atoms with Gasteiger partial charge in [0.25, 0.3) is 0 Å². The number of ether oxygens (including phenoxy) is 2. The van der Waals surface area contributed by atoms with Crippen molar-refractivity contribution >= 4 is 23.7 Å². The molecule has 0 aliphatic carbocycles. The molecule has 1 spiro atoms. The molecule has 0 unspecified atom stereocenters. The van der Waals surface area contributed by atoms with E-state index in [1.54, 1.807) is 15.9 Å². The molecule has 5 rings (SSSR count). The lowest BCUT2D eigenvalue weighted by Gasteiger charge is -2.36. The van der Waals surface area contributed by atoms with E-state index >= 15 is 0 Å². The minimum Gasteiger partial charge on any atom is -0.463 e. The van der Waals surface area contributed by atoms with Crippen molar-refractivity contribution in [3.8, 4) is 0 Å². The molecule has 4 heterocycles. The number of fused-ring (bicyclic) bond motifs is 2. The zero-order valence-electron chi connectivity index (χ0n) is 24.9. The summed E-state index contributed by atoms with van der Waals surface area (Å²) in [6.07, 6.45) is 11.2. The van der Waals surface area contributed by atoms with E-state index in [1.807, 2.05) is 48.6 Å². The summed E-state index contributed by atoms with van der Waals surface area (Å²) in [6.45, 7) is 3.17. The number of aliphatic hydroxyl groups is 1. The lowest BCUT2D eigenvalue weighted by molar-refractivity contribution is -0.148. The van der Waals surface area contributed by atoms with Gasteiger partial charge in [0.1, 0.15) is 18.2 Å². The first-order chi connectivity index (χ1) is 20.9. The van der Waals surface area contributed by atoms with Crippen LogP contribution in [0.1, 0.15) is 63.5 Å². The predicted octanol–water partition coefficient (Wildman–Crippen LogP) is 2.68. The van der Waals surface area contributed by atoms with Crippen LogP contribution in [0.5, 0.6) is 0 Å². The maximum Gasteiger partial charge on any atom is 0.306 e. The molecule has 0 saturated carbocycles. The van der Waals surface area contributed by atoms with Crippen molar-refractivity contribution in [1.82, 2.24) is 15.1 Å². The Kier molecular flexibility index (Phi) is 9.97. The number of unbranched alkanes of at least 4 members (excludes halogenated alkanes) is 3. The molecular formula is C33H43N3O7. The molecular weight excluding hydrogens is 550 g/mol. The second-order valence-corrected chi connectivity index (χ2v) is 11.8. The van der Waals surface area contributed by atoms with Crippen molar-refractivity contribution in [2.45, 2.75) is 75.7 Å². The Bertz CT molecular complexity index is 1230. The smallest absolute Gasteiger partial charge is 0.306 e. The molecule has 4 aliphatic heterocycles. The van der Waals surface area contributed by atoms with Gasteiger partial charge in [-0.15, -0.1) is 0 Å². The number of hydrogen-bond donors (Lipinski definition) is 2. The van der Waals surface area contributed by atoms with Gasteiger partial charge in [-0.2, -0.15) is 0 Å². The van der Waals surface area contributed by atoms with Gasteiger partial charge in [0.15, 0.2) is 0 Å². The molecule has 2 fully saturated rings. The summed E-state index contributed by atoms with van der Waals surface area (Å²) in [5, 5.41) is 12.5. The highest BCUT2D eigenvalue weighted by atomic mass is 16.5. The predicted molar refractivity (Wildman–Crippen MR) is 158 cm³/mol. The van der Waals surface area contributed by atoms with Crippen LogP contribution >= 0.6 is 0 Å². The van der Waals surface area contributed by atoms with Crippen LogP contribution in [0.3, 0.4) is 0 Å². The van der Waals surface area contributed by atoms with E-state index in [-0.39, 0.29) is 49.9 Å². The second-order valence-electron chi connectivity index (χ2n) is 11.8. The third-order valence-electron chi connectivity index (χ3n) is 9.00. The molecule has 232 valence electrons. The third kappa shape index (κ3) is 6.26. The average Bonchev–Trinajstić information content (AvgIpc) is 3.65. The number of hydrogen-bond acceptors (Lipinski definition) is 7. The summed E-state index contributed by atoms with van der Waals surface area (Å²) in [5.41, 5.74) is -0.481.